The SMILES string of the molecule is CCCCCCC(=O)c1ccccc1O. The maximum absolute atomic E-state index is 11.7. The Balaban J connectivity index is 2.44. The number of benzene rings is 1. The van der Waals surface area contributed by atoms with Crippen LogP contribution in [0.25, 0.3) is 0 Å². The highest BCUT2D eigenvalue weighted by Crippen LogP contribution is 2.18. The second kappa shape index (κ2) is 6.23. The van der Waals surface area contributed by atoms with Crippen LogP contribution in [0.2, 0.25) is 0 Å². The molecule has 0 amide bonds. The van der Waals surface area contributed by atoms with Crippen molar-refractivity contribution in [2.45, 2.75) is 39.0 Å². The third kappa shape index (κ3) is 3.74. The monoisotopic (exact) mass is 206 g/mol. The molecule has 1 aromatic rings. The highest BCUT2D eigenvalue weighted by atomic mass is 16.3. The molecule has 1 aromatic carbocycles. The van der Waals surface area contributed by atoms with E-state index in [2.05, 4.69) is 6.92 Å². The van der Waals surface area contributed by atoms with Crippen LogP contribution in [0.1, 0.15) is 49.4 Å². The summed E-state index contributed by atoms with van der Waals surface area (Å²) < 4.78 is 0. The van der Waals surface area contributed by atoms with E-state index in [0.717, 1.165) is 12.8 Å². The highest BCUT2D eigenvalue weighted by Gasteiger charge is 2.09. The van der Waals surface area contributed by atoms with E-state index in [0.29, 0.717) is 12.0 Å². The molecule has 1 rings (SSSR count). The van der Waals surface area contributed by atoms with Crippen molar-refractivity contribution < 1.29 is 9.90 Å². The van der Waals surface area contributed by atoms with E-state index in [1.54, 1.807) is 24.3 Å². The Bertz CT molecular complexity index is 318. The minimum atomic E-state index is 0.0456. The predicted octanol–water partition coefficient (Wildman–Crippen LogP) is 3.55. The molecule has 0 radical (unpaired) electrons. The first-order valence-corrected chi connectivity index (χ1v) is 5.57. The van der Waals surface area contributed by atoms with Gasteiger partial charge in [-0.2, -0.15) is 0 Å². The Morgan fingerprint density at radius 2 is 1.93 bits per heavy atom. The van der Waals surface area contributed by atoms with Crippen molar-refractivity contribution in [3.05, 3.63) is 29.8 Å². The summed E-state index contributed by atoms with van der Waals surface area (Å²) in [5.74, 6) is 0.141. The summed E-state index contributed by atoms with van der Waals surface area (Å²) >= 11 is 0. The standard InChI is InChI=1S/C13H18O2/c1-2-3-4-5-9-12(14)11-8-6-7-10-13(11)15/h6-8,10,15H,2-5,9H2,1H3. The van der Waals surface area contributed by atoms with Gasteiger partial charge in [0, 0.05) is 6.42 Å². The van der Waals surface area contributed by atoms with E-state index in [4.69, 9.17) is 0 Å². The summed E-state index contributed by atoms with van der Waals surface area (Å²) in [4.78, 5) is 11.7. The van der Waals surface area contributed by atoms with Crippen LogP contribution in [-0.2, 0) is 0 Å². The van der Waals surface area contributed by atoms with Crippen LogP contribution in [0.15, 0.2) is 24.3 Å². The van der Waals surface area contributed by atoms with Crippen molar-refractivity contribution in [2.75, 3.05) is 0 Å². The normalized spacial score (nSPS) is 10.2. The zero-order valence-corrected chi connectivity index (χ0v) is 9.20. The number of hydrogen-bond acceptors (Lipinski definition) is 2. The Labute approximate surface area is 90.9 Å². The molecule has 0 bridgehead atoms. The van der Waals surface area contributed by atoms with Gasteiger partial charge in [-0.3, -0.25) is 4.79 Å². The molecule has 82 valence electrons. The van der Waals surface area contributed by atoms with E-state index in [1.165, 1.54) is 12.8 Å². The zero-order chi connectivity index (χ0) is 11.1. The average Bonchev–Trinajstić information content (AvgIpc) is 2.25. The first-order chi connectivity index (χ1) is 7.25. The van der Waals surface area contributed by atoms with Gasteiger partial charge < -0.3 is 5.11 Å². The number of rotatable bonds is 6. The van der Waals surface area contributed by atoms with Crippen LogP contribution in [0.3, 0.4) is 0 Å². The van der Waals surface area contributed by atoms with Gasteiger partial charge in [0.05, 0.1) is 5.56 Å². The molecule has 0 spiro atoms. The van der Waals surface area contributed by atoms with E-state index >= 15 is 0 Å². The molecule has 0 heterocycles. The van der Waals surface area contributed by atoms with Crippen LogP contribution < -0.4 is 0 Å². The summed E-state index contributed by atoms with van der Waals surface area (Å²) in [7, 11) is 0. The lowest BCUT2D eigenvalue weighted by molar-refractivity contribution is 0.0976. The molecule has 2 heteroatoms. The Morgan fingerprint density at radius 3 is 2.60 bits per heavy atom. The lowest BCUT2D eigenvalue weighted by Crippen LogP contribution is -1.99. The number of hydrogen-bond donors (Lipinski definition) is 1. The lowest BCUT2D eigenvalue weighted by atomic mass is 10.0. The smallest absolute Gasteiger partial charge is 0.166 e. The molecule has 0 unspecified atom stereocenters. The number of aromatic hydroxyl groups is 1. The first kappa shape index (κ1) is 11.8. The molecule has 0 fully saturated rings. The largest absolute Gasteiger partial charge is 0.507 e. The van der Waals surface area contributed by atoms with Crippen molar-refractivity contribution in [1.29, 1.82) is 0 Å². The van der Waals surface area contributed by atoms with E-state index < -0.39 is 0 Å². The number of carbonyl (C=O) groups is 1. The fourth-order valence-electron chi connectivity index (χ4n) is 1.56. The molecule has 0 atom stereocenters. The molecule has 0 saturated carbocycles. The molecule has 0 saturated heterocycles. The second-order valence-corrected chi connectivity index (χ2v) is 3.75. The summed E-state index contributed by atoms with van der Waals surface area (Å²) in [6, 6.07) is 6.74. The van der Waals surface area contributed by atoms with Gasteiger partial charge in [0.15, 0.2) is 5.78 Å². The lowest BCUT2D eigenvalue weighted by Gasteiger charge is -2.02. The van der Waals surface area contributed by atoms with Crippen LogP contribution in [-0.4, -0.2) is 10.9 Å². The fraction of sp³-hybridized carbons (Fsp3) is 0.462. The van der Waals surface area contributed by atoms with Crippen molar-refractivity contribution >= 4 is 5.78 Å². The summed E-state index contributed by atoms with van der Waals surface area (Å²) in [6.45, 7) is 2.14. The van der Waals surface area contributed by atoms with Gasteiger partial charge in [0.2, 0.25) is 0 Å². The first-order valence-electron chi connectivity index (χ1n) is 5.57. The third-order valence-electron chi connectivity index (χ3n) is 2.46. The van der Waals surface area contributed by atoms with Gasteiger partial charge >= 0.3 is 0 Å². The van der Waals surface area contributed by atoms with E-state index in [-0.39, 0.29) is 11.5 Å². The average molecular weight is 206 g/mol. The molecular weight excluding hydrogens is 188 g/mol. The minimum Gasteiger partial charge on any atom is -0.507 e. The predicted molar refractivity (Wildman–Crippen MR) is 61.2 cm³/mol. The Hall–Kier alpha value is -1.31. The van der Waals surface area contributed by atoms with Gasteiger partial charge in [-0.1, -0.05) is 38.3 Å². The number of unbranched alkanes of at least 4 members (excludes halogenated alkanes) is 3. The molecular formula is C13H18O2. The summed E-state index contributed by atoms with van der Waals surface area (Å²) in [5.41, 5.74) is 0.453. The van der Waals surface area contributed by atoms with Crippen LogP contribution in [0.5, 0.6) is 5.75 Å². The summed E-state index contributed by atoms with van der Waals surface area (Å²) in [6.07, 6.45) is 4.90. The molecule has 0 aliphatic heterocycles. The van der Waals surface area contributed by atoms with Crippen molar-refractivity contribution in [1.82, 2.24) is 0 Å². The summed E-state index contributed by atoms with van der Waals surface area (Å²) in [5, 5.41) is 9.46. The highest BCUT2D eigenvalue weighted by molar-refractivity contribution is 5.98. The topological polar surface area (TPSA) is 37.3 Å². The van der Waals surface area contributed by atoms with E-state index in [1.807, 2.05) is 0 Å². The maximum atomic E-state index is 11.7. The van der Waals surface area contributed by atoms with Gasteiger partial charge in [0.25, 0.3) is 0 Å². The van der Waals surface area contributed by atoms with E-state index in [9.17, 15) is 9.90 Å². The van der Waals surface area contributed by atoms with Crippen molar-refractivity contribution in [3.63, 3.8) is 0 Å². The van der Waals surface area contributed by atoms with Gasteiger partial charge in [-0.25, -0.2) is 0 Å². The molecule has 0 aromatic heterocycles. The van der Waals surface area contributed by atoms with Crippen molar-refractivity contribution in [2.24, 2.45) is 0 Å². The maximum Gasteiger partial charge on any atom is 0.166 e. The van der Waals surface area contributed by atoms with Gasteiger partial charge in [0.1, 0.15) is 5.75 Å². The molecule has 15 heavy (non-hydrogen) atoms. The third-order valence-corrected chi connectivity index (χ3v) is 2.46. The van der Waals surface area contributed by atoms with Crippen molar-refractivity contribution in [3.8, 4) is 5.75 Å². The number of carbonyl (C=O) groups excluding carboxylic acids is 1. The molecule has 1 N–H and O–H groups in total. The molecule has 2 nitrogen and oxygen atoms in total. The van der Waals surface area contributed by atoms with Gasteiger partial charge in [-0.15, -0.1) is 0 Å². The number of para-hydroxylation sites is 1. The number of Topliss-reactive ketones (excluding diaryl/α,β-unsaturated/α-hetero) is 1. The number of phenolic OH excluding ortho intramolecular Hbond substituents is 1. The quantitative estimate of drug-likeness (QED) is 0.571. The number of phenols is 1. The Kier molecular flexibility index (Phi) is 4.88. The number of ketones is 1. The zero-order valence-electron chi connectivity index (χ0n) is 9.20. The Morgan fingerprint density at radius 1 is 1.20 bits per heavy atom. The second-order valence-electron chi connectivity index (χ2n) is 3.75. The van der Waals surface area contributed by atoms with Crippen LogP contribution in [0.4, 0.5) is 0 Å². The van der Waals surface area contributed by atoms with Crippen LogP contribution >= 0.6 is 0 Å². The molecule has 0 aliphatic rings. The van der Waals surface area contributed by atoms with Gasteiger partial charge in [-0.05, 0) is 18.6 Å². The van der Waals surface area contributed by atoms with Crippen LogP contribution in [0, 0.1) is 0 Å². The minimum absolute atomic E-state index is 0.0456. The fourth-order valence-corrected chi connectivity index (χ4v) is 1.56. The molecule has 0 aliphatic carbocycles.